The zero-order valence-electron chi connectivity index (χ0n) is 17.6. The molecule has 1 aromatic heterocycles. The van der Waals surface area contributed by atoms with Crippen LogP contribution in [-0.2, 0) is 6.42 Å². The maximum atomic E-state index is 12.4. The lowest BCUT2D eigenvalue weighted by molar-refractivity contribution is 0.0405. The summed E-state index contributed by atoms with van der Waals surface area (Å²) in [5.74, 6) is 0.612. The molecule has 6 nitrogen and oxygen atoms in total. The minimum Gasteiger partial charge on any atom is -0.465 e. The number of hydrogen-bond donors (Lipinski definition) is 2. The first-order chi connectivity index (χ1) is 14.1. The van der Waals surface area contributed by atoms with Crippen LogP contribution in [0.5, 0.6) is 0 Å². The fourth-order valence-corrected chi connectivity index (χ4v) is 4.15. The summed E-state index contributed by atoms with van der Waals surface area (Å²) in [5.41, 5.74) is 1.28. The van der Waals surface area contributed by atoms with Crippen LogP contribution in [0.4, 0.5) is 10.6 Å². The maximum absolute atomic E-state index is 12.4. The van der Waals surface area contributed by atoms with Crippen molar-refractivity contribution >= 4 is 29.4 Å². The fourth-order valence-electron chi connectivity index (χ4n) is 4.02. The Morgan fingerprint density at radius 2 is 1.90 bits per heavy atom. The molecule has 0 spiro atoms. The van der Waals surface area contributed by atoms with Gasteiger partial charge in [0, 0.05) is 28.9 Å². The van der Waals surface area contributed by atoms with Gasteiger partial charge in [0.05, 0.1) is 0 Å². The topological polar surface area (TPSA) is 82.5 Å². The van der Waals surface area contributed by atoms with E-state index in [0.29, 0.717) is 28.9 Å². The number of nitrogens with zero attached hydrogens (tertiary/aromatic N) is 2. The third kappa shape index (κ3) is 5.51. The second-order valence-corrected chi connectivity index (χ2v) is 9.36. The molecule has 2 atom stereocenters. The smallest absolute Gasteiger partial charge is 0.407 e. The summed E-state index contributed by atoms with van der Waals surface area (Å²) >= 11 is 5.87. The molecule has 3 rings (SSSR count). The Labute approximate surface area is 182 Å². The molecule has 0 saturated carbocycles. The fraction of sp³-hybridized carbons (Fsp3) is 0.435. The largest absolute Gasteiger partial charge is 0.465 e. The summed E-state index contributed by atoms with van der Waals surface area (Å²) < 4.78 is 0. The zero-order valence-corrected chi connectivity index (χ0v) is 18.3. The Morgan fingerprint density at radius 3 is 2.53 bits per heavy atom. The molecule has 160 valence electrons. The zero-order chi connectivity index (χ0) is 21.9. The van der Waals surface area contributed by atoms with Crippen molar-refractivity contribution in [1.82, 2.24) is 9.88 Å². The summed E-state index contributed by atoms with van der Waals surface area (Å²) in [6.07, 6.45) is 1.52. The van der Waals surface area contributed by atoms with E-state index >= 15 is 0 Å². The van der Waals surface area contributed by atoms with E-state index in [-0.39, 0.29) is 17.4 Å². The first-order valence-corrected chi connectivity index (χ1v) is 10.5. The summed E-state index contributed by atoms with van der Waals surface area (Å²) in [5, 5.41) is 13.0. The molecule has 1 aliphatic rings. The number of carbonyl (C=O) groups is 2. The van der Waals surface area contributed by atoms with Gasteiger partial charge in [-0.15, -0.1) is 0 Å². The van der Waals surface area contributed by atoms with Crippen molar-refractivity contribution in [1.29, 1.82) is 0 Å². The molecule has 1 fully saturated rings. The van der Waals surface area contributed by atoms with Gasteiger partial charge >= 0.3 is 6.09 Å². The van der Waals surface area contributed by atoms with E-state index < -0.39 is 6.09 Å². The summed E-state index contributed by atoms with van der Waals surface area (Å²) in [4.78, 5) is 30.2. The lowest BCUT2D eigenvalue weighted by Gasteiger charge is -2.44. The molecule has 7 heteroatoms. The van der Waals surface area contributed by atoms with Gasteiger partial charge in [0.25, 0.3) is 5.91 Å². The Morgan fingerprint density at radius 1 is 1.20 bits per heavy atom. The molecule has 1 saturated heterocycles. The van der Waals surface area contributed by atoms with Crippen molar-refractivity contribution in [2.45, 2.75) is 46.1 Å². The first-order valence-electron chi connectivity index (χ1n) is 10.2. The van der Waals surface area contributed by atoms with Gasteiger partial charge in [-0.3, -0.25) is 4.79 Å². The van der Waals surface area contributed by atoms with Gasteiger partial charge in [-0.2, -0.15) is 0 Å². The third-order valence-electron chi connectivity index (χ3n) is 5.61. The van der Waals surface area contributed by atoms with Crippen LogP contribution >= 0.6 is 11.6 Å². The number of piperidine rings is 1. The number of benzene rings is 1. The van der Waals surface area contributed by atoms with Crippen LogP contribution in [0, 0.1) is 11.3 Å². The Kier molecular flexibility index (Phi) is 6.66. The molecule has 0 bridgehead atoms. The van der Waals surface area contributed by atoms with Gasteiger partial charge < -0.3 is 15.3 Å². The molecule has 1 aliphatic heterocycles. The van der Waals surface area contributed by atoms with Crippen LogP contribution in [0.2, 0.25) is 5.02 Å². The van der Waals surface area contributed by atoms with E-state index in [2.05, 4.69) is 31.1 Å². The van der Waals surface area contributed by atoms with Crippen molar-refractivity contribution in [3.8, 4) is 0 Å². The molecule has 2 heterocycles. The predicted octanol–water partition coefficient (Wildman–Crippen LogP) is 5.33. The molecule has 2 amide bonds. The third-order valence-corrected chi connectivity index (χ3v) is 5.86. The van der Waals surface area contributed by atoms with Crippen molar-refractivity contribution in [3.63, 3.8) is 0 Å². The average Bonchev–Trinajstić information content (AvgIpc) is 2.68. The Bertz CT molecular complexity index is 909. The Hall–Kier alpha value is -2.60. The minimum atomic E-state index is -0.849. The van der Waals surface area contributed by atoms with E-state index in [1.54, 1.807) is 35.2 Å². The lowest BCUT2D eigenvalue weighted by atomic mass is 9.76. The molecule has 2 aromatic rings. The van der Waals surface area contributed by atoms with Crippen LogP contribution in [0.25, 0.3) is 0 Å². The molecule has 1 aromatic carbocycles. The van der Waals surface area contributed by atoms with Crippen molar-refractivity contribution in [2.24, 2.45) is 11.3 Å². The second-order valence-electron chi connectivity index (χ2n) is 8.93. The van der Waals surface area contributed by atoms with Crippen LogP contribution in [0.3, 0.4) is 0 Å². The molecule has 0 aliphatic carbocycles. The SMILES string of the molecule is CC(C)(C)C1CC(Cc2cccc(NC(=O)c3ccc(Cl)cc3)n2)CCN1C(=O)O. The van der Waals surface area contributed by atoms with E-state index in [1.165, 1.54) is 0 Å². The van der Waals surface area contributed by atoms with Crippen LogP contribution in [0.1, 0.15) is 49.7 Å². The minimum absolute atomic E-state index is 0.0264. The average molecular weight is 430 g/mol. The van der Waals surface area contributed by atoms with E-state index in [9.17, 15) is 14.7 Å². The number of likely N-dealkylation sites (tertiary alicyclic amines) is 1. The summed E-state index contributed by atoms with van der Waals surface area (Å²) in [6, 6.07) is 12.3. The highest BCUT2D eigenvalue weighted by atomic mass is 35.5. The van der Waals surface area contributed by atoms with E-state index in [4.69, 9.17) is 11.6 Å². The van der Waals surface area contributed by atoms with Gasteiger partial charge in [-0.05, 0) is 67.0 Å². The van der Waals surface area contributed by atoms with Gasteiger partial charge in [-0.25, -0.2) is 9.78 Å². The number of carbonyl (C=O) groups excluding carboxylic acids is 1. The van der Waals surface area contributed by atoms with Crippen LogP contribution in [-0.4, -0.2) is 39.6 Å². The number of hydrogen-bond acceptors (Lipinski definition) is 3. The number of nitrogens with one attached hydrogen (secondary N) is 1. The van der Waals surface area contributed by atoms with E-state index in [1.807, 2.05) is 12.1 Å². The highest BCUT2D eigenvalue weighted by Crippen LogP contribution is 2.35. The van der Waals surface area contributed by atoms with Crippen molar-refractivity contribution in [2.75, 3.05) is 11.9 Å². The van der Waals surface area contributed by atoms with Gasteiger partial charge in [0.1, 0.15) is 5.82 Å². The van der Waals surface area contributed by atoms with Crippen molar-refractivity contribution in [3.05, 3.63) is 58.7 Å². The Balaban J connectivity index is 1.67. The number of halogens is 1. The van der Waals surface area contributed by atoms with Crippen molar-refractivity contribution < 1.29 is 14.7 Å². The normalized spacial score (nSPS) is 19.4. The van der Waals surface area contributed by atoms with Gasteiger partial charge in [0.2, 0.25) is 0 Å². The predicted molar refractivity (Wildman–Crippen MR) is 118 cm³/mol. The van der Waals surface area contributed by atoms with Crippen LogP contribution < -0.4 is 5.32 Å². The van der Waals surface area contributed by atoms with Gasteiger partial charge in [0.15, 0.2) is 0 Å². The number of rotatable bonds is 4. The number of pyridine rings is 1. The number of carboxylic acid groups (broad SMARTS) is 1. The molecule has 30 heavy (non-hydrogen) atoms. The lowest BCUT2D eigenvalue weighted by Crippen LogP contribution is -2.51. The first kappa shape index (κ1) is 22.1. The molecular formula is C23H28ClN3O3. The maximum Gasteiger partial charge on any atom is 0.407 e. The quantitative estimate of drug-likeness (QED) is 0.687. The molecule has 2 N–H and O–H groups in total. The van der Waals surface area contributed by atoms with Crippen LogP contribution in [0.15, 0.2) is 42.5 Å². The summed E-state index contributed by atoms with van der Waals surface area (Å²) in [7, 11) is 0. The van der Waals surface area contributed by atoms with Gasteiger partial charge in [-0.1, -0.05) is 38.4 Å². The molecular weight excluding hydrogens is 402 g/mol. The number of aromatic nitrogens is 1. The molecule has 2 unspecified atom stereocenters. The monoisotopic (exact) mass is 429 g/mol. The summed E-state index contributed by atoms with van der Waals surface area (Å²) in [6.45, 7) is 6.79. The number of anilines is 1. The molecule has 0 radical (unpaired) electrons. The highest BCUT2D eigenvalue weighted by molar-refractivity contribution is 6.30. The number of amides is 2. The second kappa shape index (κ2) is 9.04. The van der Waals surface area contributed by atoms with E-state index in [0.717, 1.165) is 25.0 Å². The standard InChI is InChI=1S/C23H28ClN3O3/c1-23(2,3)19-14-15(11-12-27(19)22(29)30)13-18-5-4-6-20(25-18)26-21(28)16-7-9-17(24)10-8-16/h4-10,15,19H,11-14H2,1-3H3,(H,29,30)(H,25,26,28). The highest BCUT2D eigenvalue weighted by Gasteiger charge is 2.38.